The van der Waals surface area contributed by atoms with Crippen molar-refractivity contribution in [2.24, 2.45) is 0 Å². The highest BCUT2D eigenvalue weighted by Gasteiger charge is 2.28. The van der Waals surface area contributed by atoms with E-state index in [0.717, 1.165) is 12.5 Å². The summed E-state index contributed by atoms with van der Waals surface area (Å²) < 4.78 is 10.6. The summed E-state index contributed by atoms with van der Waals surface area (Å²) in [5.41, 5.74) is 0. The average Bonchev–Trinajstić information content (AvgIpc) is 2.00. The van der Waals surface area contributed by atoms with Crippen LogP contribution < -0.4 is 0 Å². The van der Waals surface area contributed by atoms with Gasteiger partial charge in [0, 0.05) is 19.6 Å². The van der Waals surface area contributed by atoms with Crippen molar-refractivity contribution in [1.82, 2.24) is 0 Å². The van der Waals surface area contributed by atoms with E-state index in [1.165, 1.54) is 0 Å². The largest absolute Gasteiger partial charge is 0.398 e. The van der Waals surface area contributed by atoms with Crippen molar-refractivity contribution in [3.05, 3.63) is 0 Å². The Bertz CT molecular complexity index is 105. The second-order valence-electron chi connectivity index (χ2n) is 2.86. The molecule has 0 rings (SSSR count). The first-order chi connectivity index (χ1) is 5.04. The van der Waals surface area contributed by atoms with Gasteiger partial charge < -0.3 is 8.85 Å². The van der Waals surface area contributed by atoms with Crippen LogP contribution in [0.4, 0.5) is 0 Å². The quantitative estimate of drug-likeness (QED) is 0.497. The van der Waals surface area contributed by atoms with Gasteiger partial charge in [-0.3, -0.25) is 0 Å². The molecule has 0 aromatic heterocycles. The Kier molecular flexibility index (Phi) is 5.34. The third-order valence-corrected chi connectivity index (χ3v) is 5.00. The molecule has 0 aromatic carbocycles. The minimum atomic E-state index is -1.84. The number of rotatable bonds is 5. The smallest absolute Gasteiger partial charge is 0.334 e. The molecule has 0 aliphatic heterocycles. The Labute approximate surface area is 75.1 Å². The molecular weight excluding hydrogens is 180 g/mol. The topological polar surface area (TPSA) is 18.5 Å². The van der Waals surface area contributed by atoms with Gasteiger partial charge in [-0.1, -0.05) is 0 Å². The van der Waals surface area contributed by atoms with E-state index in [-0.39, 0.29) is 5.38 Å². The number of halogens is 1. The first-order valence-corrected chi connectivity index (χ1v) is 6.74. The predicted molar refractivity (Wildman–Crippen MR) is 50.4 cm³/mol. The van der Waals surface area contributed by atoms with Gasteiger partial charge in [-0.05, 0) is 25.9 Å². The van der Waals surface area contributed by atoms with Gasteiger partial charge in [0.25, 0.3) is 0 Å². The van der Waals surface area contributed by atoms with Crippen molar-refractivity contribution < 1.29 is 8.85 Å². The van der Waals surface area contributed by atoms with Crippen molar-refractivity contribution in [3.8, 4) is 0 Å². The van der Waals surface area contributed by atoms with Gasteiger partial charge in [-0.15, -0.1) is 11.6 Å². The molecule has 1 atom stereocenters. The van der Waals surface area contributed by atoms with Crippen LogP contribution in [-0.4, -0.2) is 28.2 Å². The van der Waals surface area contributed by atoms with Crippen molar-refractivity contribution in [2.75, 3.05) is 14.2 Å². The molecule has 0 radical (unpaired) electrons. The maximum absolute atomic E-state index is 5.81. The first-order valence-electron chi connectivity index (χ1n) is 3.78. The van der Waals surface area contributed by atoms with Crippen LogP contribution in [0.1, 0.15) is 13.3 Å². The molecular formula is C7H17ClO2Si. The zero-order valence-corrected chi connectivity index (χ0v) is 9.44. The first kappa shape index (κ1) is 11.4. The zero-order valence-electron chi connectivity index (χ0n) is 7.69. The summed E-state index contributed by atoms with van der Waals surface area (Å²) >= 11 is 5.81. The van der Waals surface area contributed by atoms with Crippen molar-refractivity contribution in [2.45, 2.75) is 31.3 Å². The Morgan fingerprint density at radius 3 is 2.09 bits per heavy atom. The summed E-state index contributed by atoms with van der Waals surface area (Å²) in [6, 6.07) is 0.963. The van der Waals surface area contributed by atoms with E-state index in [1.54, 1.807) is 14.2 Å². The van der Waals surface area contributed by atoms with E-state index in [0.29, 0.717) is 0 Å². The number of hydrogen-bond acceptors (Lipinski definition) is 2. The molecule has 4 heteroatoms. The summed E-state index contributed by atoms with van der Waals surface area (Å²) in [6.07, 6.45) is 0.964. The summed E-state index contributed by atoms with van der Waals surface area (Å²) in [4.78, 5) is 0. The summed E-state index contributed by atoms with van der Waals surface area (Å²) in [5, 5.41) is 0.215. The standard InChI is InChI=1S/C7H17ClO2Si/c1-7(8)5-6-11(4,9-2)10-3/h7H,5-6H2,1-4H3. The molecule has 0 spiro atoms. The lowest BCUT2D eigenvalue weighted by Gasteiger charge is -2.22. The van der Waals surface area contributed by atoms with E-state index in [2.05, 4.69) is 0 Å². The molecule has 0 N–H and O–H groups in total. The van der Waals surface area contributed by atoms with Crippen LogP contribution in [0, 0.1) is 0 Å². The molecule has 0 bridgehead atoms. The second-order valence-corrected chi connectivity index (χ2v) is 7.19. The molecule has 11 heavy (non-hydrogen) atoms. The molecule has 0 heterocycles. The average molecular weight is 197 g/mol. The maximum atomic E-state index is 5.81. The highest BCUT2D eigenvalue weighted by Crippen LogP contribution is 2.16. The third-order valence-electron chi connectivity index (χ3n) is 1.86. The van der Waals surface area contributed by atoms with Crippen molar-refractivity contribution in [1.29, 1.82) is 0 Å². The van der Waals surface area contributed by atoms with E-state index >= 15 is 0 Å². The van der Waals surface area contributed by atoms with Crippen LogP contribution in [0.3, 0.4) is 0 Å². The molecule has 0 saturated heterocycles. The Morgan fingerprint density at radius 1 is 1.36 bits per heavy atom. The lowest BCUT2D eigenvalue weighted by molar-refractivity contribution is 0.248. The van der Waals surface area contributed by atoms with E-state index < -0.39 is 8.56 Å². The summed E-state index contributed by atoms with van der Waals surface area (Å²) in [5.74, 6) is 0. The Balaban J connectivity index is 3.69. The summed E-state index contributed by atoms with van der Waals surface area (Å²) in [7, 11) is 1.56. The number of hydrogen-bond donors (Lipinski definition) is 0. The molecule has 0 saturated carbocycles. The van der Waals surface area contributed by atoms with Crippen LogP contribution in [0.15, 0.2) is 0 Å². The molecule has 0 amide bonds. The predicted octanol–water partition coefficient (Wildman–Crippen LogP) is 2.37. The molecule has 1 unspecified atom stereocenters. The van der Waals surface area contributed by atoms with Gasteiger partial charge in [0.15, 0.2) is 0 Å². The normalized spacial score (nSPS) is 15.0. The maximum Gasteiger partial charge on any atom is 0.334 e. The third kappa shape index (κ3) is 4.79. The lowest BCUT2D eigenvalue weighted by Crippen LogP contribution is -2.36. The molecule has 0 fully saturated rings. The van der Waals surface area contributed by atoms with E-state index in [1.807, 2.05) is 13.5 Å². The van der Waals surface area contributed by atoms with Gasteiger partial charge in [-0.2, -0.15) is 0 Å². The van der Waals surface area contributed by atoms with Crippen molar-refractivity contribution >= 4 is 20.2 Å². The Morgan fingerprint density at radius 2 is 1.82 bits per heavy atom. The second kappa shape index (κ2) is 5.14. The van der Waals surface area contributed by atoms with E-state index in [9.17, 15) is 0 Å². The van der Waals surface area contributed by atoms with Gasteiger partial charge in [0.05, 0.1) is 0 Å². The zero-order chi connectivity index (χ0) is 8.91. The lowest BCUT2D eigenvalue weighted by atomic mass is 10.4. The van der Waals surface area contributed by atoms with Crippen LogP contribution in [0.5, 0.6) is 0 Å². The minimum Gasteiger partial charge on any atom is -0.398 e. The molecule has 0 aliphatic carbocycles. The van der Waals surface area contributed by atoms with Crippen molar-refractivity contribution in [3.63, 3.8) is 0 Å². The van der Waals surface area contributed by atoms with Gasteiger partial charge in [0.1, 0.15) is 0 Å². The van der Waals surface area contributed by atoms with Crippen LogP contribution in [0.2, 0.25) is 12.6 Å². The number of alkyl halides is 1. The van der Waals surface area contributed by atoms with Crippen LogP contribution in [0.25, 0.3) is 0 Å². The fourth-order valence-corrected chi connectivity index (χ4v) is 2.57. The molecule has 2 nitrogen and oxygen atoms in total. The Hall–Kier alpha value is 0.427. The summed E-state index contributed by atoms with van der Waals surface area (Å²) in [6.45, 7) is 4.04. The van der Waals surface area contributed by atoms with E-state index in [4.69, 9.17) is 20.5 Å². The van der Waals surface area contributed by atoms with Gasteiger partial charge in [-0.25, -0.2) is 0 Å². The fraction of sp³-hybridized carbons (Fsp3) is 1.00. The molecule has 0 aromatic rings. The molecule has 68 valence electrons. The fourth-order valence-electron chi connectivity index (χ4n) is 0.749. The van der Waals surface area contributed by atoms with Gasteiger partial charge in [0.2, 0.25) is 0 Å². The van der Waals surface area contributed by atoms with Crippen LogP contribution in [-0.2, 0) is 8.85 Å². The highest BCUT2D eigenvalue weighted by molar-refractivity contribution is 6.65. The monoisotopic (exact) mass is 196 g/mol. The SMILES string of the molecule is CO[Si](C)(CCC(C)Cl)OC. The van der Waals surface area contributed by atoms with Crippen LogP contribution >= 0.6 is 11.6 Å². The van der Waals surface area contributed by atoms with Gasteiger partial charge >= 0.3 is 8.56 Å². The highest BCUT2D eigenvalue weighted by atomic mass is 35.5. The minimum absolute atomic E-state index is 0.215. The molecule has 0 aliphatic rings.